The fraction of sp³-hybridized carbons (Fsp3) is 0.500. The highest BCUT2D eigenvalue weighted by molar-refractivity contribution is 5.92. The van der Waals surface area contributed by atoms with E-state index in [1.807, 2.05) is 29.2 Å². The minimum atomic E-state index is 0.0450. The van der Waals surface area contributed by atoms with Crippen molar-refractivity contribution in [3.8, 4) is 11.5 Å². The van der Waals surface area contributed by atoms with Crippen LogP contribution in [0.5, 0.6) is 11.5 Å². The Morgan fingerprint density at radius 2 is 2.26 bits per heavy atom. The van der Waals surface area contributed by atoms with Gasteiger partial charge in [0.05, 0.1) is 13.7 Å². The highest BCUT2D eigenvalue weighted by Crippen LogP contribution is 2.28. The maximum absolute atomic E-state index is 12.2. The number of hydrogen-bond donors (Lipinski definition) is 1. The van der Waals surface area contributed by atoms with E-state index in [2.05, 4.69) is 19.2 Å². The summed E-state index contributed by atoms with van der Waals surface area (Å²) in [7, 11) is 1.62. The Kier molecular flexibility index (Phi) is 6.47. The Morgan fingerprint density at radius 1 is 1.43 bits per heavy atom. The van der Waals surface area contributed by atoms with Gasteiger partial charge in [-0.3, -0.25) is 4.79 Å². The number of ether oxygens (including phenoxy) is 2. The van der Waals surface area contributed by atoms with Crippen LogP contribution in [0.25, 0.3) is 6.08 Å². The van der Waals surface area contributed by atoms with Crippen molar-refractivity contribution in [3.63, 3.8) is 0 Å². The molecule has 1 saturated heterocycles. The molecule has 1 unspecified atom stereocenters. The summed E-state index contributed by atoms with van der Waals surface area (Å²) in [5.74, 6) is 1.46. The first-order chi connectivity index (χ1) is 11.1. The van der Waals surface area contributed by atoms with Crippen molar-refractivity contribution >= 4 is 12.0 Å². The van der Waals surface area contributed by atoms with Crippen LogP contribution in [0.3, 0.4) is 0 Å². The Bertz CT molecular complexity index is 557. The predicted molar refractivity (Wildman–Crippen MR) is 91.9 cm³/mol. The smallest absolute Gasteiger partial charge is 0.246 e. The van der Waals surface area contributed by atoms with E-state index >= 15 is 0 Å². The van der Waals surface area contributed by atoms with Gasteiger partial charge in [-0.15, -0.1) is 0 Å². The lowest BCUT2D eigenvalue weighted by atomic mass is 10.1. The van der Waals surface area contributed by atoms with Gasteiger partial charge in [-0.25, -0.2) is 0 Å². The molecule has 1 atom stereocenters. The number of hydrogen-bond acceptors (Lipinski definition) is 4. The lowest BCUT2D eigenvalue weighted by Gasteiger charge is -2.31. The number of carbonyl (C=O) groups excluding carboxylic acids is 1. The summed E-state index contributed by atoms with van der Waals surface area (Å²) < 4.78 is 11.0. The maximum Gasteiger partial charge on any atom is 0.246 e. The molecule has 1 aromatic rings. The third kappa shape index (κ3) is 4.99. The molecule has 0 saturated carbocycles. The summed E-state index contributed by atoms with van der Waals surface area (Å²) in [5.41, 5.74) is 0.919. The van der Waals surface area contributed by atoms with Crippen molar-refractivity contribution in [2.75, 3.05) is 33.4 Å². The highest BCUT2D eigenvalue weighted by Gasteiger charge is 2.18. The standard InChI is InChI=1S/C18H26N2O3/c1-4-11-23-16-7-5-15(12-17(16)22-3)6-8-18(21)20-10-9-19-14(2)13-20/h5-8,12,14,19H,4,9-11,13H2,1-3H3. The van der Waals surface area contributed by atoms with Gasteiger partial charge in [0.1, 0.15) is 0 Å². The zero-order valence-corrected chi connectivity index (χ0v) is 14.2. The van der Waals surface area contributed by atoms with Crippen molar-refractivity contribution in [3.05, 3.63) is 29.8 Å². The van der Waals surface area contributed by atoms with Gasteiger partial charge in [-0.2, -0.15) is 0 Å². The van der Waals surface area contributed by atoms with Crippen molar-refractivity contribution in [1.82, 2.24) is 10.2 Å². The first-order valence-electron chi connectivity index (χ1n) is 8.15. The molecule has 0 aromatic heterocycles. The number of piperazine rings is 1. The Hall–Kier alpha value is -2.01. The molecule has 5 heteroatoms. The molecule has 1 N–H and O–H groups in total. The van der Waals surface area contributed by atoms with Gasteiger partial charge in [0.2, 0.25) is 5.91 Å². The van der Waals surface area contributed by atoms with Crippen LogP contribution in [-0.4, -0.2) is 50.2 Å². The van der Waals surface area contributed by atoms with Gasteiger partial charge < -0.3 is 19.7 Å². The molecule has 1 aromatic carbocycles. The number of rotatable bonds is 6. The van der Waals surface area contributed by atoms with Crippen molar-refractivity contribution in [2.45, 2.75) is 26.3 Å². The number of nitrogens with one attached hydrogen (secondary N) is 1. The lowest BCUT2D eigenvalue weighted by molar-refractivity contribution is -0.127. The molecule has 0 radical (unpaired) electrons. The van der Waals surface area contributed by atoms with Gasteiger partial charge in [0.15, 0.2) is 11.5 Å². The van der Waals surface area contributed by atoms with Gasteiger partial charge in [-0.05, 0) is 37.1 Å². The predicted octanol–water partition coefficient (Wildman–Crippen LogP) is 2.32. The minimum Gasteiger partial charge on any atom is -0.493 e. The van der Waals surface area contributed by atoms with Crippen LogP contribution in [-0.2, 0) is 4.79 Å². The van der Waals surface area contributed by atoms with Crippen molar-refractivity contribution < 1.29 is 14.3 Å². The van der Waals surface area contributed by atoms with Crippen LogP contribution in [0.4, 0.5) is 0 Å². The Balaban J connectivity index is 2.02. The third-order valence-electron chi connectivity index (χ3n) is 3.75. The van der Waals surface area contributed by atoms with Crippen molar-refractivity contribution in [2.24, 2.45) is 0 Å². The van der Waals surface area contributed by atoms with Gasteiger partial charge in [0.25, 0.3) is 0 Å². The quantitative estimate of drug-likeness (QED) is 0.818. The summed E-state index contributed by atoms with van der Waals surface area (Å²) in [6.07, 6.45) is 4.39. The average molecular weight is 318 g/mol. The minimum absolute atomic E-state index is 0.0450. The van der Waals surface area contributed by atoms with E-state index < -0.39 is 0 Å². The monoisotopic (exact) mass is 318 g/mol. The lowest BCUT2D eigenvalue weighted by Crippen LogP contribution is -2.50. The van der Waals surface area contributed by atoms with E-state index in [1.165, 1.54) is 0 Å². The Labute approximate surface area is 138 Å². The van der Waals surface area contributed by atoms with E-state index in [1.54, 1.807) is 13.2 Å². The largest absolute Gasteiger partial charge is 0.493 e. The zero-order chi connectivity index (χ0) is 16.7. The highest BCUT2D eigenvalue weighted by atomic mass is 16.5. The molecule has 0 spiro atoms. The van der Waals surface area contributed by atoms with Gasteiger partial charge >= 0.3 is 0 Å². The molecule has 1 fully saturated rings. The molecule has 126 valence electrons. The molecule has 23 heavy (non-hydrogen) atoms. The van der Waals surface area contributed by atoms with E-state index in [0.29, 0.717) is 18.4 Å². The fourth-order valence-corrected chi connectivity index (χ4v) is 2.52. The summed E-state index contributed by atoms with van der Waals surface area (Å²) >= 11 is 0. The number of methoxy groups -OCH3 is 1. The van der Waals surface area contributed by atoms with E-state index in [4.69, 9.17) is 9.47 Å². The molecular weight excluding hydrogens is 292 g/mol. The molecular formula is C18H26N2O3. The second-order valence-electron chi connectivity index (χ2n) is 5.73. The zero-order valence-electron chi connectivity index (χ0n) is 14.2. The average Bonchev–Trinajstić information content (AvgIpc) is 2.58. The number of nitrogens with zero attached hydrogens (tertiary/aromatic N) is 1. The molecule has 0 aliphatic carbocycles. The van der Waals surface area contributed by atoms with Crippen LogP contribution >= 0.6 is 0 Å². The number of carbonyl (C=O) groups is 1. The first-order valence-corrected chi connectivity index (χ1v) is 8.15. The van der Waals surface area contributed by atoms with Crippen molar-refractivity contribution in [1.29, 1.82) is 0 Å². The van der Waals surface area contributed by atoms with Crippen LogP contribution in [0.15, 0.2) is 24.3 Å². The maximum atomic E-state index is 12.2. The van der Waals surface area contributed by atoms with Crippen LogP contribution in [0.1, 0.15) is 25.8 Å². The van der Waals surface area contributed by atoms with E-state index in [9.17, 15) is 4.79 Å². The summed E-state index contributed by atoms with van der Waals surface area (Å²) in [6.45, 7) is 7.15. The second-order valence-corrected chi connectivity index (χ2v) is 5.73. The van der Waals surface area contributed by atoms with E-state index in [-0.39, 0.29) is 5.91 Å². The summed E-state index contributed by atoms with van der Waals surface area (Å²) in [6, 6.07) is 6.04. The molecule has 1 amide bonds. The molecule has 2 rings (SSSR count). The third-order valence-corrected chi connectivity index (χ3v) is 3.75. The molecule has 1 aliphatic heterocycles. The van der Waals surface area contributed by atoms with E-state index in [0.717, 1.165) is 37.4 Å². The topological polar surface area (TPSA) is 50.8 Å². The van der Waals surface area contributed by atoms with Crippen LogP contribution in [0.2, 0.25) is 0 Å². The molecule has 0 bridgehead atoms. The van der Waals surface area contributed by atoms with Gasteiger partial charge in [0, 0.05) is 31.8 Å². The number of benzene rings is 1. The normalized spacial score (nSPS) is 18.2. The summed E-state index contributed by atoms with van der Waals surface area (Å²) in [4.78, 5) is 14.1. The second kappa shape index (κ2) is 8.58. The van der Waals surface area contributed by atoms with Crippen LogP contribution < -0.4 is 14.8 Å². The fourth-order valence-electron chi connectivity index (χ4n) is 2.52. The molecule has 5 nitrogen and oxygen atoms in total. The van der Waals surface area contributed by atoms with Gasteiger partial charge in [-0.1, -0.05) is 13.0 Å². The first kappa shape index (κ1) is 17.3. The molecule has 1 heterocycles. The van der Waals surface area contributed by atoms with Crippen LogP contribution in [0, 0.1) is 0 Å². The summed E-state index contributed by atoms with van der Waals surface area (Å²) in [5, 5.41) is 3.33. The SMILES string of the molecule is CCCOc1ccc(C=CC(=O)N2CCNC(C)C2)cc1OC. The Morgan fingerprint density at radius 3 is 2.96 bits per heavy atom. The number of amides is 1. The molecule has 1 aliphatic rings.